The lowest BCUT2D eigenvalue weighted by molar-refractivity contribution is 0.586. The monoisotopic (exact) mass is 308 g/mol. The second-order valence-electron chi connectivity index (χ2n) is 2.98. The van der Waals surface area contributed by atoms with E-state index in [1.165, 1.54) is 0 Å². The van der Waals surface area contributed by atoms with Crippen molar-refractivity contribution < 1.29 is 8.42 Å². The molecule has 9 heteroatoms. The van der Waals surface area contributed by atoms with Crippen molar-refractivity contribution in [1.29, 1.82) is 0 Å². The Morgan fingerprint density at radius 2 is 1.87 bits per heavy atom. The standard InChI is InChI=1S/C6H7Cl3N2O2S2/c1-3(2)15(12,13)5-10-4(11-14-5)6(7,8)9/h3H,1-2H3. The molecule has 0 spiro atoms. The zero-order chi connectivity index (χ0) is 11.9. The number of nitrogens with zero attached hydrogens (tertiary/aromatic N) is 2. The molecule has 4 nitrogen and oxygen atoms in total. The molecule has 15 heavy (non-hydrogen) atoms. The minimum Gasteiger partial charge on any atom is -0.221 e. The summed E-state index contributed by atoms with van der Waals surface area (Å²) in [5.74, 6) is -0.114. The first-order valence-corrected chi connectivity index (χ1v) is 7.26. The van der Waals surface area contributed by atoms with Crippen LogP contribution in [0.5, 0.6) is 0 Å². The van der Waals surface area contributed by atoms with Gasteiger partial charge in [0.2, 0.25) is 14.2 Å². The predicted molar refractivity (Wildman–Crippen MR) is 61.5 cm³/mol. The molecule has 0 N–H and O–H groups in total. The van der Waals surface area contributed by atoms with Crippen LogP contribution in [-0.4, -0.2) is 23.0 Å². The van der Waals surface area contributed by atoms with E-state index < -0.39 is 18.9 Å². The Hall–Kier alpha value is 0.380. The smallest absolute Gasteiger partial charge is 0.221 e. The van der Waals surface area contributed by atoms with Crippen LogP contribution in [0.4, 0.5) is 0 Å². The van der Waals surface area contributed by atoms with Gasteiger partial charge >= 0.3 is 0 Å². The molecule has 0 saturated heterocycles. The van der Waals surface area contributed by atoms with E-state index in [0.29, 0.717) is 11.5 Å². The van der Waals surface area contributed by atoms with E-state index in [1.807, 2.05) is 0 Å². The summed E-state index contributed by atoms with van der Waals surface area (Å²) in [5.41, 5.74) is 0. The molecule has 0 fully saturated rings. The summed E-state index contributed by atoms with van der Waals surface area (Å²) in [7, 11) is -3.45. The summed E-state index contributed by atoms with van der Waals surface area (Å²) in [5, 5.41) is -0.575. The van der Waals surface area contributed by atoms with E-state index in [-0.39, 0.29) is 10.2 Å². The van der Waals surface area contributed by atoms with Crippen molar-refractivity contribution in [3.8, 4) is 0 Å². The molecule has 0 aliphatic carbocycles. The van der Waals surface area contributed by atoms with Crippen LogP contribution >= 0.6 is 46.3 Å². The van der Waals surface area contributed by atoms with E-state index in [2.05, 4.69) is 9.36 Å². The van der Waals surface area contributed by atoms with Crippen LogP contribution < -0.4 is 0 Å². The van der Waals surface area contributed by atoms with E-state index in [9.17, 15) is 8.42 Å². The average Bonchev–Trinajstić information content (AvgIpc) is 2.50. The Morgan fingerprint density at radius 1 is 1.33 bits per heavy atom. The number of hydrogen-bond donors (Lipinski definition) is 0. The summed E-state index contributed by atoms with van der Waals surface area (Å²) in [6, 6.07) is 0. The lowest BCUT2D eigenvalue weighted by Crippen LogP contribution is -2.14. The molecule has 1 rings (SSSR count). The third kappa shape index (κ3) is 2.94. The second kappa shape index (κ2) is 4.33. The first-order valence-electron chi connectivity index (χ1n) is 3.80. The van der Waals surface area contributed by atoms with Gasteiger partial charge < -0.3 is 0 Å². The Kier molecular flexibility index (Phi) is 3.88. The van der Waals surface area contributed by atoms with Crippen molar-refractivity contribution in [2.24, 2.45) is 0 Å². The third-order valence-corrected chi connectivity index (χ3v) is 5.28. The molecule has 1 aromatic heterocycles. The van der Waals surface area contributed by atoms with Gasteiger partial charge in [-0.2, -0.15) is 4.37 Å². The number of halogens is 3. The fourth-order valence-corrected chi connectivity index (χ4v) is 3.24. The summed E-state index contributed by atoms with van der Waals surface area (Å²) < 4.78 is 25.1. The van der Waals surface area contributed by atoms with Gasteiger partial charge in [0.15, 0.2) is 5.82 Å². The molecule has 0 amide bonds. The Labute approximate surface area is 107 Å². The molecule has 0 unspecified atom stereocenters. The SMILES string of the molecule is CC(C)S(=O)(=O)c1nc(C(Cl)(Cl)Cl)ns1. The summed E-state index contributed by atoms with van der Waals surface area (Å²) in [6.07, 6.45) is 0. The van der Waals surface area contributed by atoms with Crippen LogP contribution in [0.2, 0.25) is 0 Å². The van der Waals surface area contributed by atoms with E-state index in [0.717, 1.165) is 0 Å². The fraction of sp³-hybridized carbons (Fsp3) is 0.667. The van der Waals surface area contributed by atoms with Gasteiger partial charge in [0.1, 0.15) is 0 Å². The fourth-order valence-electron chi connectivity index (χ4n) is 0.642. The van der Waals surface area contributed by atoms with Crippen molar-refractivity contribution in [2.45, 2.75) is 27.2 Å². The minimum atomic E-state index is -3.45. The average molecular weight is 310 g/mol. The van der Waals surface area contributed by atoms with Gasteiger partial charge in [-0.25, -0.2) is 13.4 Å². The zero-order valence-electron chi connectivity index (χ0n) is 7.74. The molecular weight excluding hydrogens is 303 g/mol. The number of sulfone groups is 1. The number of alkyl halides is 3. The van der Waals surface area contributed by atoms with E-state index >= 15 is 0 Å². The highest BCUT2D eigenvalue weighted by molar-refractivity contribution is 7.93. The summed E-state index contributed by atoms with van der Waals surface area (Å²) >= 11 is 17.3. The highest BCUT2D eigenvalue weighted by Crippen LogP contribution is 2.37. The number of rotatable bonds is 2. The van der Waals surface area contributed by atoms with Crippen molar-refractivity contribution in [3.63, 3.8) is 0 Å². The highest BCUT2D eigenvalue weighted by Gasteiger charge is 2.32. The first-order chi connectivity index (χ1) is 6.65. The Morgan fingerprint density at radius 3 is 2.20 bits per heavy atom. The van der Waals surface area contributed by atoms with Gasteiger partial charge in [-0.15, -0.1) is 0 Å². The molecule has 0 aromatic carbocycles. The summed E-state index contributed by atoms with van der Waals surface area (Å²) in [6.45, 7) is 3.09. The van der Waals surface area contributed by atoms with Crippen LogP contribution in [0.1, 0.15) is 19.7 Å². The molecule has 0 radical (unpaired) electrons. The van der Waals surface area contributed by atoms with Gasteiger partial charge in [-0.3, -0.25) is 0 Å². The summed E-state index contributed by atoms with van der Waals surface area (Å²) in [4.78, 5) is 3.70. The van der Waals surface area contributed by atoms with Gasteiger partial charge in [0, 0.05) is 0 Å². The normalized spacial score (nSPS) is 13.5. The zero-order valence-corrected chi connectivity index (χ0v) is 11.6. The van der Waals surface area contributed by atoms with Gasteiger partial charge in [-0.1, -0.05) is 34.8 Å². The lowest BCUT2D eigenvalue weighted by atomic mass is 10.6. The lowest BCUT2D eigenvalue weighted by Gasteiger charge is -2.04. The van der Waals surface area contributed by atoms with Gasteiger partial charge in [0.05, 0.1) is 5.25 Å². The quantitative estimate of drug-likeness (QED) is 0.788. The second-order valence-corrected chi connectivity index (χ2v) is 8.69. The number of hydrogen-bond acceptors (Lipinski definition) is 5. The molecule has 1 aromatic rings. The largest absolute Gasteiger partial charge is 0.251 e. The third-order valence-electron chi connectivity index (χ3n) is 1.52. The topological polar surface area (TPSA) is 59.9 Å². The van der Waals surface area contributed by atoms with Gasteiger partial charge in [-0.05, 0) is 25.4 Å². The minimum absolute atomic E-state index is 0.114. The van der Waals surface area contributed by atoms with E-state index in [4.69, 9.17) is 34.8 Å². The van der Waals surface area contributed by atoms with Crippen LogP contribution in [0, 0.1) is 0 Å². The van der Waals surface area contributed by atoms with Crippen molar-refractivity contribution in [1.82, 2.24) is 9.36 Å². The molecule has 0 aliphatic rings. The predicted octanol–water partition coefficient (Wildman–Crippen LogP) is 2.55. The maximum atomic E-state index is 11.7. The maximum absolute atomic E-state index is 11.7. The highest BCUT2D eigenvalue weighted by atomic mass is 35.6. The Bertz CT molecular complexity index is 449. The van der Waals surface area contributed by atoms with Crippen molar-refractivity contribution >= 4 is 56.2 Å². The van der Waals surface area contributed by atoms with Crippen LogP contribution in [0.3, 0.4) is 0 Å². The van der Waals surface area contributed by atoms with Crippen molar-refractivity contribution in [3.05, 3.63) is 5.82 Å². The first kappa shape index (κ1) is 13.4. The molecule has 86 valence electrons. The molecule has 0 atom stereocenters. The molecule has 1 heterocycles. The van der Waals surface area contributed by atoms with Crippen molar-refractivity contribution in [2.75, 3.05) is 0 Å². The molecule has 0 bridgehead atoms. The maximum Gasteiger partial charge on any atom is 0.251 e. The van der Waals surface area contributed by atoms with Crippen LogP contribution in [0.15, 0.2) is 4.34 Å². The molecule has 0 saturated carbocycles. The van der Waals surface area contributed by atoms with E-state index in [1.54, 1.807) is 13.8 Å². The Balaban J connectivity index is 3.16. The van der Waals surface area contributed by atoms with Crippen LogP contribution in [0.25, 0.3) is 0 Å². The molecular formula is C6H7Cl3N2O2S2. The van der Waals surface area contributed by atoms with Crippen LogP contribution in [-0.2, 0) is 13.6 Å². The number of aromatic nitrogens is 2. The van der Waals surface area contributed by atoms with Gasteiger partial charge in [0.25, 0.3) is 3.79 Å². The molecule has 0 aliphatic heterocycles.